The van der Waals surface area contributed by atoms with Gasteiger partial charge in [-0.1, -0.05) is 4.98 Å². The molecule has 10 N–H and O–H groups in total. The molecule has 2 aromatic rings. The Bertz CT molecular complexity index is 1340. The van der Waals surface area contributed by atoms with Gasteiger partial charge >= 0.3 is 5.65 Å². The Morgan fingerprint density at radius 3 is 2.36 bits per heavy atom. The van der Waals surface area contributed by atoms with Gasteiger partial charge in [0, 0.05) is 0 Å². The quantitative estimate of drug-likeness (QED) is 0.0948. The number of aromatic amines is 2. The van der Waals surface area contributed by atoms with E-state index in [1.165, 1.54) is 6.33 Å². The summed E-state index contributed by atoms with van der Waals surface area (Å²) < 4.78 is 48.2. The summed E-state index contributed by atoms with van der Waals surface area (Å²) in [6, 6.07) is 0. The van der Waals surface area contributed by atoms with Crippen LogP contribution in [0.3, 0.4) is 0 Å². The molecule has 2 unspecified atom stereocenters. The molecule has 11 atom stereocenters. The summed E-state index contributed by atoms with van der Waals surface area (Å²) in [5.41, 5.74) is 4.73. The Morgan fingerprint density at radius 1 is 1.03 bits per heavy atom. The van der Waals surface area contributed by atoms with Crippen LogP contribution in [0.15, 0.2) is 11.1 Å². The fourth-order valence-corrected chi connectivity index (χ4v) is 5.97. The highest BCUT2D eigenvalue weighted by atomic mass is 31.3. The molecule has 4 rings (SSSR count). The average molecular weight is 604 g/mol. The molecule has 2 aliphatic heterocycles. The van der Waals surface area contributed by atoms with Crippen molar-refractivity contribution >= 4 is 32.8 Å². The number of aliphatic hydroxyl groups excluding tert-OH is 6. The predicted molar refractivity (Wildman–Crippen MR) is 114 cm³/mol. The zero-order valence-electron chi connectivity index (χ0n) is 19.3. The number of ether oxygens (including phenoxy) is 2. The number of aromatic nitrogens is 4. The maximum atomic E-state index is 12.1. The van der Waals surface area contributed by atoms with Crippen molar-refractivity contribution in [1.82, 2.24) is 15.0 Å². The number of hydrogen-bond donors (Lipinski definition) is 9. The minimum atomic E-state index is -5.90. The van der Waals surface area contributed by atoms with E-state index in [4.69, 9.17) is 20.3 Å². The van der Waals surface area contributed by atoms with E-state index in [0.717, 1.165) is 4.57 Å². The molecular weight excluding hydrogens is 580 g/mol. The van der Waals surface area contributed by atoms with Crippen molar-refractivity contribution < 1.29 is 77.0 Å². The summed E-state index contributed by atoms with van der Waals surface area (Å²) in [5.74, 6) is -0.272. The number of imidazole rings is 1. The molecule has 0 bridgehead atoms. The van der Waals surface area contributed by atoms with Gasteiger partial charge in [0.2, 0.25) is 11.7 Å². The summed E-state index contributed by atoms with van der Waals surface area (Å²) in [5, 5.41) is 59.1. The number of nitrogens with zero attached hydrogens (tertiary/aromatic N) is 2. The van der Waals surface area contributed by atoms with Crippen LogP contribution in [0.4, 0.5) is 5.95 Å². The SMILES string of the molecule is Nc1nc2c([nH]c[n+]2[C@@H]2O[C@H](COP(=O)([O-])OP(=O)([O-])O[C@H]3O[C@H](CO)[C@@H](O)[C@H](O)[C@@H]3O)[C@@H](O)[C@H]2O)c(=O)[nH]1. The maximum Gasteiger partial charge on any atom is 0.313 e. The van der Waals surface area contributed by atoms with Crippen molar-refractivity contribution in [2.45, 2.75) is 55.2 Å². The molecule has 0 aromatic carbocycles. The number of nitrogens with one attached hydrogen (secondary N) is 2. The summed E-state index contributed by atoms with van der Waals surface area (Å²) >= 11 is 0. The molecule has 0 spiro atoms. The smallest absolute Gasteiger partial charge is 0.313 e. The van der Waals surface area contributed by atoms with Gasteiger partial charge in [-0.05, 0) is 0 Å². The maximum absolute atomic E-state index is 12.1. The van der Waals surface area contributed by atoms with E-state index in [2.05, 4.69) is 28.3 Å². The molecule has 21 nitrogen and oxygen atoms in total. The number of phosphoric ester groups is 2. The van der Waals surface area contributed by atoms with Crippen LogP contribution in [0, 0.1) is 0 Å². The van der Waals surface area contributed by atoms with Crippen LogP contribution >= 0.6 is 15.6 Å². The number of hydrogen-bond acceptors (Lipinski definition) is 18. The first kappa shape index (κ1) is 30.1. The number of rotatable bonds is 9. The molecule has 2 aromatic heterocycles. The van der Waals surface area contributed by atoms with Crippen LogP contribution in [0.5, 0.6) is 0 Å². The first-order chi connectivity index (χ1) is 18.1. The average Bonchev–Trinajstić information content (AvgIpc) is 3.38. The van der Waals surface area contributed by atoms with E-state index in [9.17, 15) is 49.2 Å². The topological polar surface area (TPSA) is 339 Å². The number of nitrogen functional groups attached to an aromatic ring is 1. The van der Waals surface area contributed by atoms with Gasteiger partial charge in [-0.25, -0.2) is 8.88 Å². The second kappa shape index (κ2) is 11.2. The Hall–Kier alpha value is -1.91. The Labute approximate surface area is 216 Å². The molecule has 0 saturated carbocycles. The zero-order chi connectivity index (χ0) is 28.9. The molecule has 2 saturated heterocycles. The van der Waals surface area contributed by atoms with Crippen LogP contribution in [-0.2, 0) is 32.0 Å². The van der Waals surface area contributed by atoms with Crippen molar-refractivity contribution in [3.05, 3.63) is 16.7 Å². The zero-order valence-corrected chi connectivity index (χ0v) is 21.1. The van der Waals surface area contributed by atoms with Crippen LogP contribution in [0.1, 0.15) is 6.23 Å². The lowest BCUT2D eigenvalue weighted by Crippen LogP contribution is -2.59. The van der Waals surface area contributed by atoms with Crippen LogP contribution < -0.4 is 25.6 Å². The number of fused-ring (bicyclic) bond motifs is 1. The number of aliphatic hydroxyl groups is 6. The second-order valence-electron chi connectivity index (χ2n) is 8.45. The lowest BCUT2D eigenvalue weighted by Gasteiger charge is -2.41. The van der Waals surface area contributed by atoms with Gasteiger partial charge in [0.25, 0.3) is 27.2 Å². The Morgan fingerprint density at radius 2 is 1.69 bits per heavy atom. The first-order valence-electron chi connectivity index (χ1n) is 10.9. The van der Waals surface area contributed by atoms with Gasteiger partial charge in [0.05, 0.1) is 13.2 Å². The van der Waals surface area contributed by atoms with E-state index in [1.54, 1.807) is 0 Å². The Kier molecular flexibility index (Phi) is 8.60. The van der Waals surface area contributed by atoms with E-state index >= 15 is 0 Å². The third kappa shape index (κ3) is 6.22. The first-order valence-corrected chi connectivity index (χ1v) is 13.8. The van der Waals surface area contributed by atoms with E-state index < -0.39 is 89.7 Å². The Balaban J connectivity index is 1.39. The number of phosphoric acid groups is 2. The van der Waals surface area contributed by atoms with Gasteiger partial charge in [-0.2, -0.15) is 0 Å². The molecule has 4 heterocycles. The summed E-state index contributed by atoms with van der Waals surface area (Å²) in [6.45, 7) is -2.00. The van der Waals surface area contributed by atoms with E-state index in [1.807, 2.05) is 0 Å². The molecule has 2 fully saturated rings. The molecule has 0 aliphatic carbocycles. The van der Waals surface area contributed by atoms with Gasteiger partial charge in [0.1, 0.15) is 42.7 Å². The molecule has 220 valence electrons. The lowest BCUT2D eigenvalue weighted by atomic mass is 10.00. The van der Waals surface area contributed by atoms with E-state index in [0.29, 0.717) is 0 Å². The number of anilines is 1. The highest BCUT2D eigenvalue weighted by Gasteiger charge is 2.48. The third-order valence-electron chi connectivity index (χ3n) is 5.80. The van der Waals surface area contributed by atoms with Crippen molar-refractivity contribution in [3.8, 4) is 0 Å². The number of nitrogens with two attached hydrogens (primary N) is 1. The minimum absolute atomic E-state index is 0.0581. The van der Waals surface area contributed by atoms with Crippen molar-refractivity contribution in [2.75, 3.05) is 18.9 Å². The summed E-state index contributed by atoms with van der Waals surface area (Å²) in [7, 11) is -11.7. The van der Waals surface area contributed by atoms with Gasteiger partial charge in [-0.3, -0.25) is 28.4 Å². The molecular formula is C16H24N5O16P2-. The normalized spacial score (nSPS) is 36.6. The largest absolute Gasteiger partial charge is 0.756 e. The van der Waals surface area contributed by atoms with Crippen molar-refractivity contribution in [3.63, 3.8) is 0 Å². The summed E-state index contributed by atoms with van der Waals surface area (Å²) in [4.78, 5) is 44.9. The third-order valence-corrected chi connectivity index (χ3v) is 8.33. The molecule has 39 heavy (non-hydrogen) atoms. The van der Waals surface area contributed by atoms with Crippen LogP contribution in [0.2, 0.25) is 0 Å². The molecule has 0 radical (unpaired) electrons. The fraction of sp³-hybridized carbons (Fsp3) is 0.688. The standard InChI is InChI=1S/C16H25N5O16P2/c17-16-19-12-6(13(28)20-16)18-3-21(12)14-10(26)8(24)5(34-14)2-33-38(29,30)37-39(31,32)36-15-11(27)9(25)7(23)4(1-22)35-15/h3-5,7-11,14-15,22-27H,1-2H2,(H5,17,19,20,28,29,30,31,32)/p-1/t4-,5-,7-,8-,9+,10-,11+,14-,15-/m1/s1. The lowest BCUT2D eigenvalue weighted by molar-refractivity contribution is -0.745. The highest BCUT2D eigenvalue weighted by Crippen LogP contribution is 2.57. The molecule has 2 aliphatic rings. The van der Waals surface area contributed by atoms with Crippen molar-refractivity contribution in [1.29, 1.82) is 0 Å². The molecule has 23 heteroatoms. The van der Waals surface area contributed by atoms with Gasteiger partial charge in [0.15, 0.2) is 12.6 Å². The monoisotopic (exact) mass is 604 g/mol. The van der Waals surface area contributed by atoms with Gasteiger partial charge < -0.3 is 60.2 Å². The highest BCUT2D eigenvalue weighted by molar-refractivity contribution is 7.59. The summed E-state index contributed by atoms with van der Waals surface area (Å²) in [6.07, 6.45) is -15.2. The van der Waals surface area contributed by atoms with Gasteiger partial charge in [-0.15, -0.1) is 0 Å². The van der Waals surface area contributed by atoms with E-state index in [-0.39, 0.29) is 17.1 Å². The van der Waals surface area contributed by atoms with Crippen LogP contribution in [-0.4, -0.2) is 108 Å². The molecule has 0 amide bonds. The fourth-order valence-electron chi connectivity index (χ4n) is 3.89. The van der Waals surface area contributed by atoms with Crippen molar-refractivity contribution in [2.24, 2.45) is 0 Å². The minimum Gasteiger partial charge on any atom is -0.756 e. The predicted octanol–water partition coefficient (Wildman–Crippen LogP) is -6.47. The second-order valence-corrected chi connectivity index (χ2v) is 11.4. The number of H-pyrrole nitrogens is 2. The van der Waals surface area contributed by atoms with Crippen LogP contribution in [0.25, 0.3) is 11.2 Å².